The summed E-state index contributed by atoms with van der Waals surface area (Å²) < 4.78 is 13.4. The summed E-state index contributed by atoms with van der Waals surface area (Å²) in [5, 5.41) is 8.75. The van der Waals surface area contributed by atoms with Crippen molar-refractivity contribution >= 4 is 12.0 Å². The molecule has 3 nitrogen and oxygen atoms in total. The molecule has 1 aromatic carbocycles. The van der Waals surface area contributed by atoms with Gasteiger partial charge in [0.25, 0.3) is 0 Å². The van der Waals surface area contributed by atoms with Gasteiger partial charge in [-0.1, -0.05) is 13.0 Å². The van der Waals surface area contributed by atoms with Crippen molar-refractivity contribution in [2.24, 2.45) is 0 Å². The van der Waals surface area contributed by atoms with Crippen molar-refractivity contribution in [3.8, 4) is 0 Å². The summed E-state index contributed by atoms with van der Waals surface area (Å²) in [6, 6.07) is 5.66. The largest absolute Gasteiger partial charge is 0.478 e. The lowest BCUT2D eigenvalue weighted by atomic mass is 10.0. The lowest BCUT2D eigenvalue weighted by Gasteiger charge is -2.28. The molecule has 1 heterocycles. The first-order chi connectivity index (χ1) is 10.0. The Balaban J connectivity index is 2.24. The first-order valence-electron chi connectivity index (χ1n) is 7.46. The van der Waals surface area contributed by atoms with Gasteiger partial charge in [-0.2, -0.15) is 0 Å². The van der Waals surface area contributed by atoms with E-state index < -0.39 is 5.97 Å². The molecule has 114 valence electrons. The van der Waals surface area contributed by atoms with Crippen LogP contribution in [0.4, 0.5) is 4.39 Å². The molecule has 0 bridgehead atoms. The molecule has 21 heavy (non-hydrogen) atoms. The summed E-state index contributed by atoms with van der Waals surface area (Å²) in [4.78, 5) is 13.1. The number of nitrogens with zero attached hydrogens (tertiary/aromatic N) is 1. The Labute approximate surface area is 125 Å². The highest BCUT2D eigenvalue weighted by Gasteiger charge is 2.29. The van der Waals surface area contributed by atoms with E-state index in [0.29, 0.717) is 17.6 Å². The zero-order valence-electron chi connectivity index (χ0n) is 12.6. The highest BCUT2D eigenvalue weighted by atomic mass is 19.1. The summed E-state index contributed by atoms with van der Waals surface area (Å²) in [6.45, 7) is 5.14. The number of carboxylic acids is 1. The number of rotatable bonds is 5. The molecule has 1 aromatic rings. The third-order valence-corrected chi connectivity index (χ3v) is 4.29. The van der Waals surface area contributed by atoms with Gasteiger partial charge < -0.3 is 5.11 Å². The van der Waals surface area contributed by atoms with Crippen LogP contribution in [0.15, 0.2) is 24.3 Å². The van der Waals surface area contributed by atoms with Gasteiger partial charge in [0, 0.05) is 24.7 Å². The van der Waals surface area contributed by atoms with Crippen molar-refractivity contribution in [1.29, 1.82) is 0 Å². The molecule has 0 aromatic heterocycles. The van der Waals surface area contributed by atoms with Crippen molar-refractivity contribution < 1.29 is 14.3 Å². The fraction of sp³-hybridized carbons (Fsp3) is 0.471. The second-order valence-corrected chi connectivity index (χ2v) is 5.68. The Morgan fingerprint density at radius 2 is 2.24 bits per heavy atom. The maximum absolute atomic E-state index is 13.4. The van der Waals surface area contributed by atoms with Gasteiger partial charge in [-0.15, -0.1) is 0 Å². The van der Waals surface area contributed by atoms with Gasteiger partial charge in [-0.3, -0.25) is 4.90 Å². The molecule has 0 saturated carbocycles. The zero-order valence-corrected chi connectivity index (χ0v) is 12.6. The Morgan fingerprint density at radius 1 is 1.48 bits per heavy atom. The number of likely N-dealkylation sites (tertiary alicyclic amines) is 1. The van der Waals surface area contributed by atoms with Gasteiger partial charge in [-0.05, 0) is 55.5 Å². The molecular weight excluding hydrogens is 269 g/mol. The average molecular weight is 291 g/mol. The van der Waals surface area contributed by atoms with Gasteiger partial charge >= 0.3 is 5.97 Å². The molecule has 1 aliphatic heterocycles. The fourth-order valence-corrected chi connectivity index (χ4v) is 3.07. The van der Waals surface area contributed by atoms with Crippen LogP contribution in [0.3, 0.4) is 0 Å². The normalized spacial score (nSPS) is 23.0. The number of benzene rings is 1. The molecule has 0 aliphatic carbocycles. The maximum Gasteiger partial charge on any atom is 0.328 e. The second-order valence-electron chi connectivity index (χ2n) is 5.68. The minimum absolute atomic E-state index is 0.342. The van der Waals surface area contributed by atoms with E-state index in [1.54, 1.807) is 6.07 Å². The predicted molar refractivity (Wildman–Crippen MR) is 81.4 cm³/mol. The van der Waals surface area contributed by atoms with Crippen molar-refractivity contribution in [1.82, 2.24) is 4.90 Å². The Bertz CT molecular complexity index is 542. The predicted octanol–water partition coefficient (Wildman–Crippen LogP) is 3.69. The molecule has 0 spiro atoms. The van der Waals surface area contributed by atoms with E-state index in [0.717, 1.165) is 24.6 Å². The average Bonchev–Trinajstić information content (AvgIpc) is 2.79. The summed E-state index contributed by atoms with van der Waals surface area (Å²) in [5.74, 6) is -1.36. The van der Waals surface area contributed by atoms with Gasteiger partial charge in [0.2, 0.25) is 0 Å². The molecule has 1 saturated heterocycles. The van der Waals surface area contributed by atoms with Crippen LogP contribution in [-0.4, -0.2) is 28.1 Å². The van der Waals surface area contributed by atoms with E-state index in [4.69, 9.17) is 5.11 Å². The second kappa shape index (κ2) is 6.85. The van der Waals surface area contributed by atoms with E-state index in [-0.39, 0.29) is 5.82 Å². The minimum Gasteiger partial charge on any atom is -0.478 e. The fourth-order valence-electron chi connectivity index (χ4n) is 3.07. The summed E-state index contributed by atoms with van der Waals surface area (Å²) in [5.41, 5.74) is 1.62. The molecule has 1 aliphatic rings. The Hall–Kier alpha value is -1.68. The smallest absolute Gasteiger partial charge is 0.328 e. The number of halogens is 1. The number of carboxylic acid groups (broad SMARTS) is 1. The van der Waals surface area contributed by atoms with Crippen LogP contribution >= 0.6 is 0 Å². The lowest BCUT2D eigenvalue weighted by molar-refractivity contribution is -0.131. The third kappa shape index (κ3) is 3.91. The van der Waals surface area contributed by atoms with Gasteiger partial charge in [0.05, 0.1) is 0 Å². The highest BCUT2D eigenvalue weighted by Crippen LogP contribution is 2.29. The molecule has 4 heteroatoms. The molecule has 1 N–H and O–H groups in total. The molecule has 2 unspecified atom stereocenters. The highest BCUT2D eigenvalue weighted by molar-refractivity contribution is 5.85. The van der Waals surface area contributed by atoms with Crippen LogP contribution in [0.25, 0.3) is 6.08 Å². The molecule has 0 radical (unpaired) electrons. The van der Waals surface area contributed by atoms with Crippen molar-refractivity contribution in [3.63, 3.8) is 0 Å². The van der Waals surface area contributed by atoms with Crippen LogP contribution in [0.5, 0.6) is 0 Å². The van der Waals surface area contributed by atoms with E-state index in [1.165, 1.54) is 31.1 Å². The number of aliphatic carboxylic acids is 1. The van der Waals surface area contributed by atoms with E-state index in [1.807, 2.05) is 0 Å². The third-order valence-electron chi connectivity index (χ3n) is 4.29. The molecule has 2 atom stereocenters. The SMILES string of the molecule is CCC1CCC(C)N1Cc1ccc(F)cc1/C=C/C(=O)O. The van der Waals surface area contributed by atoms with Crippen molar-refractivity contribution in [2.45, 2.75) is 51.7 Å². The Kier molecular flexibility index (Phi) is 5.12. The first kappa shape index (κ1) is 15.7. The van der Waals surface area contributed by atoms with Crippen molar-refractivity contribution in [3.05, 3.63) is 41.2 Å². The van der Waals surface area contributed by atoms with E-state index >= 15 is 0 Å². The molecule has 2 rings (SSSR count). The van der Waals surface area contributed by atoms with E-state index in [9.17, 15) is 9.18 Å². The molecule has 1 fully saturated rings. The molecule has 0 amide bonds. The van der Waals surface area contributed by atoms with Gasteiger partial charge in [0.15, 0.2) is 0 Å². The maximum atomic E-state index is 13.4. The topological polar surface area (TPSA) is 40.5 Å². The monoisotopic (exact) mass is 291 g/mol. The van der Waals surface area contributed by atoms with Crippen LogP contribution in [0.1, 0.15) is 44.2 Å². The summed E-state index contributed by atoms with van der Waals surface area (Å²) in [6.07, 6.45) is 6.01. The number of carbonyl (C=O) groups is 1. The van der Waals surface area contributed by atoms with Gasteiger partial charge in [0.1, 0.15) is 5.82 Å². The number of hydrogen-bond acceptors (Lipinski definition) is 2. The van der Waals surface area contributed by atoms with Crippen LogP contribution in [0.2, 0.25) is 0 Å². The summed E-state index contributed by atoms with van der Waals surface area (Å²) in [7, 11) is 0. The van der Waals surface area contributed by atoms with E-state index in [2.05, 4.69) is 18.7 Å². The van der Waals surface area contributed by atoms with Crippen LogP contribution < -0.4 is 0 Å². The zero-order chi connectivity index (χ0) is 15.4. The first-order valence-corrected chi connectivity index (χ1v) is 7.46. The van der Waals surface area contributed by atoms with Crippen LogP contribution in [0, 0.1) is 5.82 Å². The summed E-state index contributed by atoms with van der Waals surface area (Å²) >= 11 is 0. The minimum atomic E-state index is -1.02. The van der Waals surface area contributed by atoms with Crippen molar-refractivity contribution in [2.75, 3.05) is 0 Å². The lowest BCUT2D eigenvalue weighted by Crippen LogP contribution is -2.33. The molecular formula is C17H22FNO2. The standard InChI is InChI=1S/C17H22FNO2/c1-3-16-8-4-12(2)19(16)11-14-5-7-15(18)10-13(14)6-9-17(20)21/h5-7,9-10,12,16H,3-4,8,11H2,1-2H3,(H,20,21)/b9-6+. The van der Waals surface area contributed by atoms with Crippen LogP contribution in [-0.2, 0) is 11.3 Å². The quantitative estimate of drug-likeness (QED) is 0.841. The number of hydrogen-bond donors (Lipinski definition) is 1. The van der Waals surface area contributed by atoms with Gasteiger partial charge in [-0.25, -0.2) is 9.18 Å². The Morgan fingerprint density at radius 3 is 2.90 bits per heavy atom.